The second kappa shape index (κ2) is 10.5. The van der Waals surface area contributed by atoms with Gasteiger partial charge in [-0.15, -0.1) is 11.3 Å². The summed E-state index contributed by atoms with van der Waals surface area (Å²) in [5, 5.41) is 25.1. The molecule has 0 unspecified atom stereocenters. The third-order valence-corrected chi connectivity index (χ3v) is 8.64. The number of thiazole rings is 1. The number of benzene rings is 2. The molecule has 6 rings (SSSR count). The van der Waals surface area contributed by atoms with Crippen LogP contribution < -0.4 is 4.74 Å². The van der Waals surface area contributed by atoms with Crippen LogP contribution in [0.15, 0.2) is 40.9 Å². The number of alkyl halides is 2. The second-order valence-corrected chi connectivity index (χ2v) is 11.2. The number of hydrogen-bond acceptors (Lipinski definition) is 8. The van der Waals surface area contributed by atoms with E-state index < -0.39 is 24.0 Å². The van der Waals surface area contributed by atoms with Gasteiger partial charge in [-0.1, -0.05) is 17.3 Å². The molecule has 2 N–H and O–H groups in total. The van der Waals surface area contributed by atoms with Gasteiger partial charge < -0.3 is 24.2 Å². The molecule has 2 aromatic heterocycles. The number of para-hydroxylation sites is 1. The molecule has 2 aliphatic carbocycles. The summed E-state index contributed by atoms with van der Waals surface area (Å²) >= 11 is 1.09. The van der Waals surface area contributed by atoms with Crippen LogP contribution in [-0.2, 0) is 16.9 Å². The van der Waals surface area contributed by atoms with Gasteiger partial charge in [-0.2, -0.15) is 8.78 Å². The van der Waals surface area contributed by atoms with E-state index in [1.165, 1.54) is 12.1 Å². The van der Waals surface area contributed by atoms with Gasteiger partial charge in [0.1, 0.15) is 33.3 Å². The van der Waals surface area contributed by atoms with E-state index in [0.29, 0.717) is 58.0 Å². The van der Waals surface area contributed by atoms with Crippen LogP contribution in [0, 0.1) is 5.82 Å². The summed E-state index contributed by atoms with van der Waals surface area (Å²) in [5.74, 6) is -1.08. The minimum absolute atomic E-state index is 0.000116. The van der Waals surface area contributed by atoms with Crippen LogP contribution in [0.25, 0.3) is 21.5 Å². The van der Waals surface area contributed by atoms with E-state index >= 15 is 0 Å². The molecule has 0 aliphatic heterocycles. The van der Waals surface area contributed by atoms with Gasteiger partial charge in [0.05, 0.1) is 23.0 Å². The Labute approximate surface area is 230 Å². The zero-order valence-corrected chi connectivity index (χ0v) is 21.9. The van der Waals surface area contributed by atoms with Crippen LogP contribution >= 0.6 is 11.3 Å². The fraction of sp³-hybridized carbons (Fsp3) is 0.393. The molecular formula is C28H25F3N2O6S. The quantitative estimate of drug-likeness (QED) is 0.229. The maximum absolute atomic E-state index is 14.5. The van der Waals surface area contributed by atoms with Crippen molar-refractivity contribution < 1.29 is 42.2 Å². The number of carboxylic acid groups (broad SMARTS) is 1. The van der Waals surface area contributed by atoms with E-state index in [4.69, 9.17) is 14.0 Å². The van der Waals surface area contributed by atoms with Gasteiger partial charge in [-0.25, -0.2) is 14.2 Å². The first-order valence-electron chi connectivity index (χ1n) is 12.9. The van der Waals surface area contributed by atoms with Crippen molar-refractivity contribution in [1.29, 1.82) is 0 Å². The summed E-state index contributed by atoms with van der Waals surface area (Å²) in [6.45, 7) is -2.83. The summed E-state index contributed by atoms with van der Waals surface area (Å²) in [4.78, 5) is 15.6. The van der Waals surface area contributed by atoms with Crippen molar-refractivity contribution >= 4 is 27.5 Å². The number of ether oxygens (including phenoxy) is 2. The number of carboxylic acids is 1. The Morgan fingerprint density at radius 2 is 1.93 bits per heavy atom. The van der Waals surface area contributed by atoms with Gasteiger partial charge in [0.2, 0.25) is 0 Å². The van der Waals surface area contributed by atoms with Crippen LogP contribution in [0.1, 0.15) is 71.1 Å². The number of aliphatic hydroxyl groups is 1. The highest BCUT2D eigenvalue weighted by Crippen LogP contribution is 2.46. The van der Waals surface area contributed by atoms with Crippen LogP contribution in [0.4, 0.5) is 13.2 Å². The molecule has 40 heavy (non-hydrogen) atoms. The number of halogens is 3. The standard InChI is InChI=1S/C28H25F3N2O6S/c29-19-11-15(25(34)35)12-21-23(19)32-26(40-21)28(36)9-7-16(8-10-28)37-13-18-22(33-39-24(18)14-5-6-14)17-3-1-2-4-20(17)38-27(30)31/h1-4,11-12,14,16,27,36H,5-10,13H2,(H,34,35). The lowest BCUT2D eigenvalue weighted by Crippen LogP contribution is -2.34. The van der Waals surface area contributed by atoms with Crippen molar-refractivity contribution in [3.8, 4) is 17.0 Å². The lowest BCUT2D eigenvalue weighted by atomic mass is 9.83. The molecule has 8 nitrogen and oxygen atoms in total. The van der Waals surface area contributed by atoms with Crippen LogP contribution in [0.2, 0.25) is 0 Å². The number of nitrogens with zero attached hydrogens (tertiary/aromatic N) is 2. The first-order chi connectivity index (χ1) is 19.2. The van der Waals surface area contributed by atoms with E-state index in [9.17, 15) is 28.2 Å². The molecule has 0 bridgehead atoms. The monoisotopic (exact) mass is 574 g/mol. The molecule has 210 valence electrons. The van der Waals surface area contributed by atoms with Gasteiger partial charge in [0, 0.05) is 17.0 Å². The maximum Gasteiger partial charge on any atom is 0.387 e. The zero-order valence-electron chi connectivity index (χ0n) is 21.1. The number of hydrogen-bond donors (Lipinski definition) is 2. The van der Waals surface area contributed by atoms with E-state index in [0.717, 1.165) is 30.2 Å². The normalized spacial score (nSPS) is 21.3. The minimum atomic E-state index is -2.98. The average Bonchev–Trinajstić information content (AvgIpc) is 3.52. The molecule has 2 aliphatic rings. The Morgan fingerprint density at radius 1 is 1.18 bits per heavy atom. The topological polar surface area (TPSA) is 115 Å². The van der Waals surface area contributed by atoms with Crippen LogP contribution in [-0.4, -0.2) is 39.0 Å². The van der Waals surface area contributed by atoms with Gasteiger partial charge in [-0.05, 0) is 62.8 Å². The predicted molar refractivity (Wildman–Crippen MR) is 138 cm³/mol. The Balaban J connectivity index is 1.17. The number of rotatable bonds is 9. The third kappa shape index (κ3) is 5.18. The van der Waals surface area contributed by atoms with Crippen molar-refractivity contribution in [2.45, 2.75) is 69.4 Å². The average molecular weight is 575 g/mol. The Morgan fingerprint density at radius 3 is 2.62 bits per heavy atom. The molecule has 0 atom stereocenters. The smallest absolute Gasteiger partial charge is 0.387 e. The highest BCUT2D eigenvalue weighted by Gasteiger charge is 2.39. The zero-order chi connectivity index (χ0) is 28.0. The molecule has 0 spiro atoms. The largest absolute Gasteiger partial charge is 0.478 e. The van der Waals surface area contributed by atoms with Crippen LogP contribution in [0.3, 0.4) is 0 Å². The van der Waals surface area contributed by atoms with Gasteiger partial charge in [-0.3, -0.25) is 0 Å². The SMILES string of the molecule is O=C(O)c1cc(F)c2nc(C3(O)CCC(OCc4c(-c5ccccc5OC(F)F)noc4C4CC4)CC3)sc2c1. The molecule has 0 radical (unpaired) electrons. The summed E-state index contributed by atoms with van der Waals surface area (Å²) in [5.41, 5.74) is 0.0789. The summed E-state index contributed by atoms with van der Waals surface area (Å²) in [7, 11) is 0. The lowest BCUT2D eigenvalue weighted by molar-refractivity contribution is -0.0641. The van der Waals surface area contributed by atoms with Gasteiger partial charge in [0.15, 0.2) is 5.82 Å². The molecule has 2 saturated carbocycles. The van der Waals surface area contributed by atoms with Crippen molar-refractivity contribution in [3.05, 3.63) is 64.1 Å². The molecule has 2 heterocycles. The number of aromatic nitrogens is 2. The van der Waals surface area contributed by atoms with E-state index in [1.807, 2.05) is 0 Å². The maximum atomic E-state index is 14.5. The minimum Gasteiger partial charge on any atom is -0.478 e. The van der Waals surface area contributed by atoms with Crippen molar-refractivity contribution in [1.82, 2.24) is 10.1 Å². The van der Waals surface area contributed by atoms with E-state index in [1.54, 1.807) is 18.2 Å². The predicted octanol–water partition coefficient (Wildman–Crippen LogP) is 6.61. The molecule has 0 amide bonds. The lowest BCUT2D eigenvalue weighted by Gasteiger charge is -2.34. The molecular weight excluding hydrogens is 549 g/mol. The summed E-state index contributed by atoms with van der Waals surface area (Å²) < 4.78 is 57.4. The van der Waals surface area contributed by atoms with Crippen molar-refractivity contribution in [2.75, 3.05) is 0 Å². The first-order valence-corrected chi connectivity index (χ1v) is 13.7. The highest BCUT2D eigenvalue weighted by atomic mass is 32.1. The Bertz CT molecular complexity index is 1560. The molecule has 2 aromatic carbocycles. The number of fused-ring (bicyclic) bond motifs is 1. The fourth-order valence-corrected chi connectivity index (χ4v) is 6.33. The second-order valence-electron chi connectivity index (χ2n) is 10.2. The number of aromatic carboxylic acids is 1. The molecule has 12 heteroatoms. The fourth-order valence-electron chi connectivity index (χ4n) is 5.16. The van der Waals surface area contributed by atoms with E-state index in [-0.39, 0.29) is 35.5 Å². The summed E-state index contributed by atoms with van der Waals surface area (Å²) in [6.07, 6.45) is 3.34. The molecule has 4 aromatic rings. The van der Waals surface area contributed by atoms with E-state index in [2.05, 4.69) is 10.1 Å². The first kappa shape index (κ1) is 26.7. The molecule has 2 fully saturated rings. The summed E-state index contributed by atoms with van der Waals surface area (Å²) in [6, 6.07) is 8.70. The van der Waals surface area contributed by atoms with Crippen molar-refractivity contribution in [3.63, 3.8) is 0 Å². The third-order valence-electron chi connectivity index (χ3n) is 7.44. The highest BCUT2D eigenvalue weighted by molar-refractivity contribution is 7.18. The Kier molecular flexibility index (Phi) is 7.01. The van der Waals surface area contributed by atoms with Crippen molar-refractivity contribution in [2.24, 2.45) is 0 Å². The van der Waals surface area contributed by atoms with Gasteiger partial charge in [0.25, 0.3) is 0 Å². The van der Waals surface area contributed by atoms with Gasteiger partial charge >= 0.3 is 12.6 Å². The number of carbonyl (C=O) groups is 1. The molecule has 0 saturated heterocycles. The Hall–Kier alpha value is -3.48. The van der Waals surface area contributed by atoms with Crippen LogP contribution in [0.5, 0.6) is 5.75 Å².